The molecule has 0 saturated carbocycles. The van der Waals surface area contributed by atoms with Crippen LogP contribution in [0.4, 0.5) is 5.69 Å². The van der Waals surface area contributed by atoms with Gasteiger partial charge in [-0.05, 0) is 69.4 Å². The van der Waals surface area contributed by atoms with Gasteiger partial charge in [0.1, 0.15) is 0 Å². The fraction of sp³-hybridized carbons (Fsp3) is 0.250. The van der Waals surface area contributed by atoms with Gasteiger partial charge < -0.3 is 10.2 Å². The lowest BCUT2D eigenvalue weighted by Crippen LogP contribution is -2.34. The molecular formula is C20H23N3O2S. The van der Waals surface area contributed by atoms with E-state index < -0.39 is 0 Å². The number of amides is 2. The lowest BCUT2D eigenvalue weighted by atomic mass is 10.1. The first-order valence-corrected chi connectivity index (χ1v) is 8.93. The molecule has 2 N–H and O–H groups in total. The number of aryl methyl sites for hydroxylation is 1. The molecular weight excluding hydrogens is 346 g/mol. The standard InChI is InChI=1S/C20H23N3O2S/c1-4-23(5-2)19(25)16-10-12-17(13-11-16)21-20(26)22-18(24)15-8-6-14(3)7-9-15/h6-13H,4-5H2,1-3H3,(H2,21,22,24,26). The first-order chi connectivity index (χ1) is 12.4. The van der Waals surface area contributed by atoms with E-state index in [1.54, 1.807) is 41.3 Å². The third-order valence-corrected chi connectivity index (χ3v) is 4.19. The summed E-state index contributed by atoms with van der Waals surface area (Å²) in [5.41, 5.74) is 2.95. The molecule has 2 aromatic rings. The van der Waals surface area contributed by atoms with Gasteiger partial charge in [0.15, 0.2) is 5.11 Å². The lowest BCUT2D eigenvalue weighted by molar-refractivity contribution is 0.0772. The van der Waals surface area contributed by atoms with Crippen molar-refractivity contribution in [2.24, 2.45) is 0 Å². The highest BCUT2D eigenvalue weighted by Gasteiger charge is 2.12. The van der Waals surface area contributed by atoms with Crippen molar-refractivity contribution in [3.05, 3.63) is 65.2 Å². The number of nitrogens with zero attached hydrogens (tertiary/aromatic N) is 1. The quantitative estimate of drug-likeness (QED) is 0.791. The van der Waals surface area contributed by atoms with Crippen molar-refractivity contribution in [3.63, 3.8) is 0 Å². The van der Waals surface area contributed by atoms with Crippen LogP contribution in [0.2, 0.25) is 0 Å². The topological polar surface area (TPSA) is 61.4 Å². The highest BCUT2D eigenvalue weighted by Crippen LogP contribution is 2.12. The van der Waals surface area contributed by atoms with Crippen molar-refractivity contribution < 1.29 is 9.59 Å². The summed E-state index contributed by atoms with van der Waals surface area (Å²) in [4.78, 5) is 26.2. The molecule has 2 amide bonds. The van der Waals surface area contributed by atoms with Crippen LogP contribution in [0.3, 0.4) is 0 Å². The highest BCUT2D eigenvalue weighted by atomic mass is 32.1. The van der Waals surface area contributed by atoms with Gasteiger partial charge in [-0.15, -0.1) is 0 Å². The predicted molar refractivity (Wildman–Crippen MR) is 109 cm³/mol. The van der Waals surface area contributed by atoms with Gasteiger partial charge in [0.25, 0.3) is 11.8 Å². The second-order valence-electron chi connectivity index (χ2n) is 5.83. The minimum atomic E-state index is -0.268. The molecule has 0 aliphatic carbocycles. The summed E-state index contributed by atoms with van der Waals surface area (Å²) in [5.74, 6) is -0.271. The molecule has 26 heavy (non-hydrogen) atoms. The Morgan fingerprint density at radius 1 is 0.923 bits per heavy atom. The molecule has 0 aromatic heterocycles. The summed E-state index contributed by atoms with van der Waals surface area (Å²) in [5, 5.41) is 5.80. The molecule has 0 heterocycles. The number of carbonyl (C=O) groups is 2. The fourth-order valence-corrected chi connectivity index (χ4v) is 2.64. The van der Waals surface area contributed by atoms with Gasteiger partial charge in [-0.3, -0.25) is 14.9 Å². The van der Waals surface area contributed by atoms with Crippen LogP contribution in [0.5, 0.6) is 0 Å². The first-order valence-electron chi connectivity index (χ1n) is 8.53. The molecule has 2 rings (SSSR count). The Hall–Kier alpha value is -2.73. The van der Waals surface area contributed by atoms with Gasteiger partial charge in [-0.25, -0.2) is 0 Å². The maximum absolute atomic E-state index is 12.3. The van der Waals surface area contributed by atoms with E-state index in [1.165, 1.54) is 0 Å². The summed E-state index contributed by atoms with van der Waals surface area (Å²) >= 11 is 5.18. The Morgan fingerprint density at radius 3 is 2.00 bits per heavy atom. The van der Waals surface area contributed by atoms with E-state index in [9.17, 15) is 9.59 Å². The van der Waals surface area contributed by atoms with Gasteiger partial charge in [0, 0.05) is 29.9 Å². The summed E-state index contributed by atoms with van der Waals surface area (Å²) in [7, 11) is 0. The predicted octanol–water partition coefficient (Wildman–Crippen LogP) is 3.60. The molecule has 0 spiro atoms. The monoisotopic (exact) mass is 369 g/mol. The zero-order chi connectivity index (χ0) is 19.1. The minimum absolute atomic E-state index is 0.00296. The van der Waals surface area contributed by atoms with Crippen LogP contribution in [0.15, 0.2) is 48.5 Å². The summed E-state index contributed by atoms with van der Waals surface area (Å²) < 4.78 is 0. The van der Waals surface area contributed by atoms with Crippen LogP contribution in [0.1, 0.15) is 40.1 Å². The molecule has 2 aromatic carbocycles. The van der Waals surface area contributed by atoms with Crippen molar-refractivity contribution >= 4 is 34.8 Å². The number of anilines is 1. The minimum Gasteiger partial charge on any atom is -0.339 e. The van der Waals surface area contributed by atoms with Crippen LogP contribution in [-0.4, -0.2) is 34.9 Å². The van der Waals surface area contributed by atoms with Crippen LogP contribution in [0, 0.1) is 6.92 Å². The first kappa shape index (κ1) is 19.6. The number of nitrogens with one attached hydrogen (secondary N) is 2. The Bertz CT molecular complexity index is 782. The maximum Gasteiger partial charge on any atom is 0.257 e. The molecule has 0 aliphatic heterocycles. The van der Waals surface area contributed by atoms with Crippen LogP contribution in [0.25, 0.3) is 0 Å². The second kappa shape index (κ2) is 9.10. The summed E-state index contributed by atoms with van der Waals surface area (Å²) in [6.07, 6.45) is 0. The zero-order valence-corrected chi connectivity index (χ0v) is 16.0. The van der Waals surface area contributed by atoms with E-state index in [0.717, 1.165) is 5.56 Å². The Labute approximate surface area is 159 Å². The normalized spacial score (nSPS) is 10.1. The van der Waals surface area contributed by atoms with Gasteiger partial charge in [0.05, 0.1) is 0 Å². The molecule has 0 atom stereocenters. The van der Waals surface area contributed by atoms with Gasteiger partial charge >= 0.3 is 0 Å². The summed E-state index contributed by atoms with van der Waals surface area (Å²) in [6.45, 7) is 7.20. The van der Waals surface area contributed by atoms with E-state index >= 15 is 0 Å². The molecule has 0 unspecified atom stereocenters. The zero-order valence-electron chi connectivity index (χ0n) is 15.2. The van der Waals surface area contributed by atoms with Crippen molar-refractivity contribution in [1.29, 1.82) is 0 Å². The summed E-state index contributed by atoms with van der Waals surface area (Å²) in [6, 6.07) is 14.3. The molecule has 0 bridgehead atoms. The molecule has 0 fully saturated rings. The van der Waals surface area contributed by atoms with E-state index in [0.29, 0.717) is 29.9 Å². The third-order valence-electron chi connectivity index (χ3n) is 3.98. The number of hydrogen-bond acceptors (Lipinski definition) is 3. The lowest BCUT2D eigenvalue weighted by Gasteiger charge is -2.18. The van der Waals surface area contributed by atoms with E-state index in [2.05, 4.69) is 10.6 Å². The van der Waals surface area contributed by atoms with Crippen molar-refractivity contribution in [2.75, 3.05) is 18.4 Å². The van der Waals surface area contributed by atoms with Gasteiger partial charge in [-0.1, -0.05) is 17.7 Å². The second-order valence-corrected chi connectivity index (χ2v) is 6.24. The van der Waals surface area contributed by atoms with E-state index in [1.807, 2.05) is 32.9 Å². The average molecular weight is 369 g/mol. The number of thiocarbonyl (C=S) groups is 1. The fourth-order valence-electron chi connectivity index (χ4n) is 2.43. The average Bonchev–Trinajstić information content (AvgIpc) is 2.63. The molecule has 6 heteroatoms. The maximum atomic E-state index is 12.3. The number of rotatable bonds is 5. The smallest absolute Gasteiger partial charge is 0.257 e. The Kier molecular flexibility index (Phi) is 6.86. The number of benzene rings is 2. The van der Waals surface area contributed by atoms with Crippen molar-refractivity contribution in [1.82, 2.24) is 10.2 Å². The van der Waals surface area contributed by atoms with E-state index in [-0.39, 0.29) is 16.9 Å². The van der Waals surface area contributed by atoms with Crippen LogP contribution in [-0.2, 0) is 0 Å². The highest BCUT2D eigenvalue weighted by molar-refractivity contribution is 7.80. The van der Waals surface area contributed by atoms with Crippen LogP contribution < -0.4 is 10.6 Å². The largest absolute Gasteiger partial charge is 0.339 e. The molecule has 5 nitrogen and oxygen atoms in total. The third kappa shape index (κ3) is 5.13. The van der Waals surface area contributed by atoms with E-state index in [4.69, 9.17) is 12.2 Å². The number of carbonyl (C=O) groups excluding carboxylic acids is 2. The number of hydrogen-bond donors (Lipinski definition) is 2. The van der Waals surface area contributed by atoms with Crippen molar-refractivity contribution in [2.45, 2.75) is 20.8 Å². The molecule has 136 valence electrons. The van der Waals surface area contributed by atoms with Gasteiger partial charge in [-0.2, -0.15) is 0 Å². The Balaban J connectivity index is 1.95. The SMILES string of the molecule is CCN(CC)C(=O)c1ccc(NC(=S)NC(=O)c2ccc(C)cc2)cc1. The van der Waals surface area contributed by atoms with Crippen molar-refractivity contribution in [3.8, 4) is 0 Å². The molecule has 0 saturated heterocycles. The van der Waals surface area contributed by atoms with Crippen LogP contribution >= 0.6 is 12.2 Å². The van der Waals surface area contributed by atoms with Gasteiger partial charge in [0.2, 0.25) is 0 Å². The Morgan fingerprint density at radius 2 is 1.46 bits per heavy atom. The molecule has 0 radical (unpaired) electrons. The molecule has 0 aliphatic rings.